The van der Waals surface area contributed by atoms with E-state index >= 15 is 0 Å². The van der Waals surface area contributed by atoms with Crippen molar-refractivity contribution in [2.45, 2.75) is 205 Å². The van der Waals surface area contributed by atoms with Crippen LogP contribution in [0.15, 0.2) is 108 Å². The van der Waals surface area contributed by atoms with Gasteiger partial charge in [-0.3, -0.25) is 0 Å². The molecule has 380 valence electrons. The van der Waals surface area contributed by atoms with Gasteiger partial charge < -0.3 is 14.2 Å². The minimum atomic E-state index is -0.151. The first-order valence-corrected chi connectivity index (χ1v) is 28.5. The number of benzene rings is 6. The molecule has 14 rings (SSSR count). The minimum Gasteiger partial charge on any atom is -0.468 e. The van der Waals surface area contributed by atoms with Crippen molar-refractivity contribution in [3.63, 3.8) is 0 Å². The lowest BCUT2D eigenvalue weighted by atomic mass is 9.35. The SMILES string of the molecule is CC(C)(C)c1ccc2c(c1)B1c3oc4cc5c(cc4c3N(c3cc4c(cc3-c3ccccc3)C(C)(C)CCC4(C)C)c3cc(C(C)(C)C)cc(c31)N2c1ccc2c(c1)C(C)(C)CCC2(C)C)C1(C)CCC5(C)CC1. The van der Waals surface area contributed by atoms with Crippen molar-refractivity contribution in [1.82, 2.24) is 0 Å². The molecule has 2 bridgehead atoms. The Morgan fingerprint density at radius 1 is 0.446 bits per heavy atom. The molecule has 0 radical (unpaired) electrons. The maximum absolute atomic E-state index is 7.86. The zero-order chi connectivity index (χ0) is 52.2. The van der Waals surface area contributed by atoms with Crippen molar-refractivity contribution in [3.05, 3.63) is 148 Å². The number of hydrogen-bond acceptors (Lipinski definition) is 3. The molecule has 3 heterocycles. The minimum absolute atomic E-state index is 0.00262. The van der Waals surface area contributed by atoms with Crippen LogP contribution in [0.3, 0.4) is 0 Å². The molecular formula is C70H81BN2O. The summed E-state index contributed by atoms with van der Waals surface area (Å²) in [6, 6.07) is 41.9. The second-order valence-corrected chi connectivity index (χ2v) is 29.7. The number of anilines is 6. The number of nitrogens with zero attached hydrogens (tertiary/aromatic N) is 2. The second kappa shape index (κ2) is 15.1. The van der Waals surface area contributed by atoms with Crippen LogP contribution in [0.1, 0.15) is 207 Å². The Hall–Kier alpha value is -5.48. The van der Waals surface area contributed by atoms with E-state index in [1.165, 1.54) is 139 Å². The van der Waals surface area contributed by atoms with E-state index in [9.17, 15) is 0 Å². The number of hydrogen-bond donors (Lipinski definition) is 0. The standard InChI is InChI=1S/C70H81BN2O/c1-63(2,3)43-22-25-55-54(34-43)71-60-57(72(55)45-23-24-48-49(37-45)66(9,10)27-26-65(48,7)8)35-44(64(4,5)6)36-58(60)73(61-47-39-52-53(41-59(47)74-62(61)71)70(16)32-30-69(52,15)31-33-70)56-40-51-50(67(11,12)28-29-68(51,13)14)38-46(56)42-20-18-17-19-21-42/h17-25,34-41H,26-33H2,1-16H3. The summed E-state index contributed by atoms with van der Waals surface area (Å²) >= 11 is 0. The van der Waals surface area contributed by atoms with Crippen molar-refractivity contribution in [1.29, 1.82) is 0 Å². The van der Waals surface area contributed by atoms with E-state index < -0.39 is 0 Å². The summed E-state index contributed by atoms with van der Waals surface area (Å²) in [5.74, 6) is 0. The van der Waals surface area contributed by atoms with Crippen molar-refractivity contribution in [3.8, 4) is 11.1 Å². The predicted molar refractivity (Wildman–Crippen MR) is 317 cm³/mol. The van der Waals surface area contributed by atoms with Gasteiger partial charge >= 0.3 is 0 Å². The highest BCUT2D eigenvalue weighted by atomic mass is 16.3. The van der Waals surface area contributed by atoms with Crippen molar-refractivity contribution in [2.24, 2.45) is 0 Å². The summed E-state index contributed by atoms with van der Waals surface area (Å²) in [5.41, 5.74) is 26.7. The van der Waals surface area contributed by atoms with Gasteiger partial charge in [-0.1, -0.05) is 159 Å². The molecule has 0 N–H and O–H groups in total. The van der Waals surface area contributed by atoms with E-state index in [-0.39, 0.29) is 50.0 Å². The fourth-order valence-corrected chi connectivity index (χ4v) is 15.2. The average molecular weight is 977 g/mol. The molecule has 4 heteroatoms. The maximum Gasteiger partial charge on any atom is 0.297 e. The highest BCUT2D eigenvalue weighted by molar-refractivity contribution is 7.00. The Morgan fingerprint density at radius 3 is 1.58 bits per heavy atom. The van der Waals surface area contributed by atoms with Gasteiger partial charge in [0.1, 0.15) is 5.58 Å². The van der Waals surface area contributed by atoms with Gasteiger partial charge in [-0.2, -0.15) is 0 Å². The van der Waals surface area contributed by atoms with E-state index in [1.807, 2.05) is 0 Å². The van der Waals surface area contributed by atoms with Gasteiger partial charge in [0, 0.05) is 33.7 Å². The Bertz CT molecular complexity index is 3520. The Balaban J connectivity index is 1.20. The highest BCUT2D eigenvalue weighted by Gasteiger charge is 2.52. The van der Waals surface area contributed by atoms with Crippen LogP contribution in [0.5, 0.6) is 0 Å². The molecule has 7 aliphatic rings. The molecule has 0 atom stereocenters. The van der Waals surface area contributed by atoms with E-state index in [2.05, 4.69) is 224 Å². The van der Waals surface area contributed by atoms with E-state index in [1.54, 1.807) is 5.56 Å². The fraction of sp³-hybridized carbons (Fsp3) is 0.457. The van der Waals surface area contributed by atoms with Crippen LogP contribution < -0.4 is 26.4 Å². The fourth-order valence-electron chi connectivity index (χ4n) is 15.2. The lowest BCUT2D eigenvalue weighted by Gasteiger charge is -2.52. The molecule has 2 aliphatic heterocycles. The summed E-state index contributed by atoms with van der Waals surface area (Å²) in [6.45, 7) is 39.1. The zero-order valence-electron chi connectivity index (χ0n) is 47.9. The maximum atomic E-state index is 7.86. The van der Waals surface area contributed by atoms with E-state index in [0.717, 1.165) is 24.1 Å². The van der Waals surface area contributed by atoms with Gasteiger partial charge in [-0.05, 0) is 210 Å². The summed E-state index contributed by atoms with van der Waals surface area (Å²) in [6.07, 6.45) is 9.61. The molecule has 5 aliphatic carbocycles. The topological polar surface area (TPSA) is 19.6 Å². The number of rotatable bonds is 3. The third kappa shape index (κ3) is 6.83. The van der Waals surface area contributed by atoms with Crippen LogP contribution in [0.4, 0.5) is 34.1 Å². The quantitative estimate of drug-likeness (QED) is 0.165. The monoisotopic (exact) mass is 977 g/mol. The average Bonchev–Trinajstić information content (AvgIpc) is 3.75. The van der Waals surface area contributed by atoms with Gasteiger partial charge in [0.15, 0.2) is 0 Å². The van der Waals surface area contributed by atoms with E-state index in [0.29, 0.717) is 0 Å². The highest BCUT2D eigenvalue weighted by Crippen LogP contribution is 2.60. The molecule has 0 saturated heterocycles. The zero-order valence-corrected chi connectivity index (χ0v) is 47.9. The normalized spacial score (nSPS) is 23.4. The molecule has 1 aromatic heterocycles. The number of fused-ring (bicyclic) bond motifs is 10. The Labute approximate surface area is 444 Å². The molecule has 6 aromatic carbocycles. The molecule has 3 nitrogen and oxygen atoms in total. The first-order valence-electron chi connectivity index (χ1n) is 28.5. The summed E-state index contributed by atoms with van der Waals surface area (Å²) < 4.78 is 7.86. The van der Waals surface area contributed by atoms with Crippen LogP contribution in [0.2, 0.25) is 0 Å². The smallest absolute Gasteiger partial charge is 0.297 e. The van der Waals surface area contributed by atoms with Crippen LogP contribution in [0, 0.1) is 0 Å². The Kier molecular flexibility index (Phi) is 9.85. The Morgan fingerprint density at radius 2 is 0.986 bits per heavy atom. The second-order valence-electron chi connectivity index (χ2n) is 29.7. The molecule has 0 unspecified atom stereocenters. The lowest BCUT2D eigenvalue weighted by Crippen LogP contribution is -2.61. The first-order chi connectivity index (χ1) is 34.6. The van der Waals surface area contributed by atoms with Crippen LogP contribution in [-0.2, 0) is 43.3 Å². The van der Waals surface area contributed by atoms with Gasteiger partial charge in [0.05, 0.1) is 17.0 Å². The lowest BCUT2D eigenvalue weighted by molar-refractivity contribution is 0.188. The molecule has 7 aromatic rings. The van der Waals surface area contributed by atoms with Gasteiger partial charge in [0.2, 0.25) is 0 Å². The third-order valence-corrected chi connectivity index (χ3v) is 20.7. The summed E-state index contributed by atoms with van der Waals surface area (Å²) in [7, 11) is 0. The van der Waals surface area contributed by atoms with Gasteiger partial charge in [-0.25, -0.2) is 0 Å². The van der Waals surface area contributed by atoms with Crippen molar-refractivity contribution in [2.75, 3.05) is 9.80 Å². The molecule has 0 spiro atoms. The molecule has 74 heavy (non-hydrogen) atoms. The van der Waals surface area contributed by atoms with Gasteiger partial charge in [-0.15, -0.1) is 0 Å². The van der Waals surface area contributed by atoms with Crippen LogP contribution >= 0.6 is 0 Å². The van der Waals surface area contributed by atoms with E-state index in [4.69, 9.17) is 4.42 Å². The molecule has 1 fully saturated rings. The van der Waals surface area contributed by atoms with Crippen molar-refractivity contribution >= 4 is 68.4 Å². The summed E-state index contributed by atoms with van der Waals surface area (Å²) in [5, 5.41) is 1.25. The summed E-state index contributed by atoms with van der Waals surface area (Å²) in [4.78, 5) is 5.42. The van der Waals surface area contributed by atoms with Crippen LogP contribution in [-0.4, -0.2) is 6.71 Å². The third-order valence-electron chi connectivity index (χ3n) is 20.7. The van der Waals surface area contributed by atoms with Crippen LogP contribution in [0.25, 0.3) is 22.1 Å². The first kappa shape index (κ1) is 48.2. The predicted octanol–water partition coefficient (Wildman–Crippen LogP) is 17.6. The largest absolute Gasteiger partial charge is 0.468 e. The molecular weight excluding hydrogens is 896 g/mol. The molecule has 1 saturated carbocycles. The van der Waals surface area contributed by atoms with Gasteiger partial charge in [0.25, 0.3) is 6.71 Å². The number of furan rings is 1. The van der Waals surface area contributed by atoms with Crippen molar-refractivity contribution < 1.29 is 4.42 Å². The molecule has 0 amide bonds.